The van der Waals surface area contributed by atoms with Crippen LogP contribution in [0.3, 0.4) is 0 Å². The van der Waals surface area contributed by atoms with Gasteiger partial charge in [0.1, 0.15) is 0 Å². The molecule has 0 bridgehead atoms. The molecule has 174 valence electrons. The minimum atomic E-state index is -3.65. The highest BCUT2D eigenvalue weighted by atomic mass is 31.2. The van der Waals surface area contributed by atoms with Crippen LogP contribution in [0.1, 0.15) is 72.6 Å². The van der Waals surface area contributed by atoms with Crippen molar-refractivity contribution >= 4 is 15.2 Å². The smallest absolute Gasteiger partial charge is 0.345 e. The molecule has 0 aromatic rings. The topological polar surface area (TPSA) is 89.5 Å². The van der Waals surface area contributed by atoms with Gasteiger partial charge in [0, 0.05) is 13.2 Å². The fraction of sp³-hybridized carbons (Fsp3) is 1.00. The van der Waals surface area contributed by atoms with E-state index >= 15 is 0 Å². The first-order chi connectivity index (χ1) is 14.0. The van der Waals surface area contributed by atoms with Gasteiger partial charge in [0.25, 0.3) is 0 Å². The molecule has 0 spiro atoms. The van der Waals surface area contributed by atoms with Crippen LogP contribution in [0.4, 0.5) is 0 Å². The first-order valence-corrected chi connectivity index (χ1v) is 14.2. The van der Waals surface area contributed by atoms with Crippen molar-refractivity contribution in [2.45, 2.75) is 84.3 Å². The van der Waals surface area contributed by atoms with E-state index in [1.54, 1.807) is 27.7 Å². The van der Waals surface area contributed by atoms with E-state index in [-0.39, 0.29) is 32.7 Å². The highest BCUT2D eigenvalue weighted by molar-refractivity contribution is 7.72. The quantitative estimate of drug-likeness (QED) is 0.195. The van der Waals surface area contributed by atoms with Crippen molar-refractivity contribution in [2.75, 3.05) is 39.6 Å². The van der Waals surface area contributed by atoms with Gasteiger partial charge in [-0.3, -0.25) is 9.13 Å². The van der Waals surface area contributed by atoms with Gasteiger partial charge in [-0.25, -0.2) is 0 Å². The highest BCUT2D eigenvalue weighted by Crippen LogP contribution is 2.71. The van der Waals surface area contributed by atoms with E-state index in [9.17, 15) is 9.13 Å². The predicted molar refractivity (Wildman–Crippen MR) is 114 cm³/mol. The van der Waals surface area contributed by atoms with Crippen LogP contribution in [0, 0.1) is 0 Å². The SMILES string of the molecule is CCOP(=O)(OCC)C(CCCCCOC1CCCCO1)P(=O)(OCC)OCC. The summed E-state index contributed by atoms with van der Waals surface area (Å²) in [7, 11) is -7.30. The van der Waals surface area contributed by atoms with E-state index in [0.29, 0.717) is 19.4 Å². The maximum absolute atomic E-state index is 13.4. The second-order valence-corrected chi connectivity index (χ2v) is 11.6. The molecule has 0 amide bonds. The molecule has 0 aromatic heterocycles. The summed E-state index contributed by atoms with van der Waals surface area (Å²) in [5.74, 6) is 0. The summed E-state index contributed by atoms with van der Waals surface area (Å²) in [6.45, 7) is 9.10. The van der Waals surface area contributed by atoms with Gasteiger partial charge >= 0.3 is 15.2 Å². The van der Waals surface area contributed by atoms with Crippen molar-refractivity contribution < 1.29 is 36.7 Å². The molecule has 1 unspecified atom stereocenters. The van der Waals surface area contributed by atoms with Crippen LogP contribution < -0.4 is 0 Å². The van der Waals surface area contributed by atoms with E-state index < -0.39 is 20.6 Å². The number of ether oxygens (including phenoxy) is 2. The molecular weight excluding hydrogens is 418 g/mol. The zero-order valence-corrected chi connectivity index (χ0v) is 20.3. The summed E-state index contributed by atoms with van der Waals surface area (Å²) in [5.41, 5.74) is 0. The van der Waals surface area contributed by atoms with E-state index in [2.05, 4.69) is 0 Å². The van der Waals surface area contributed by atoms with Crippen LogP contribution in [-0.2, 0) is 36.7 Å². The lowest BCUT2D eigenvalue weighted by Crippen LogP contribution is -2.22. The van der Waals surface area contributed by atoms with Crippen LogP contribution in [-0.4, -0.2) is 51.3 Å². The predicted octanol–water partition coefficient (Wildman–Crippen LogP) is 5.95. The molecular formula is C19H40O8P2. The molecule has 10 heteroatoms. The van der Waals surface area contributed by atoms with Gasteiger partial charge in [-0.05, 0) is 59.8 Å². The molecule has 1 saturated heterocycles. The second-order valence-electron chi connectivity index (χ2n) is 6.75. The van der Waals surface area contributed by atoms with Crippen LogP contribution >= 0.6 is 15.2 Å². The molecule has 1 rings (SSSR count). The molecule has 8 nitrogen and oxygen atoms in total. The summed E-state index contributed by atoms with van der Waals surface area (Å²) in [6, 6.07) is 0. The fourth-order valence-corrected chi connectivity index (χ4v) is 8.75. The molecule has 1 heterocycles. The standard InChI is InChI=1S/C19H40O8P2/c1-5-24-28(20,25-6-2)19(29(21,26-7-3)27-8-4)15-10-9-12-16-22-18-14-11-13-17-23-18/h18-19H,5-17H2,1-4H3. The molecule has 1 aliphatic heterocycles. The summed E-state index contributed by atoms with van der Waals surface area (Å²) >= 11 is 0. The number of unbranched alkanes of at least 4 members (excludes halogenated alkanes) is 2. The van der Waals surface area contributed by atoms with Crippen molar-refractivity contribution in [1.82, 2.24) is 0 Å². The Kier molecular flexibility index (Phi) is 14.2. The van der Waals surface area contributed by atoms with Gasteiger partial charge in [-0.1, -0.05) is 12.8 Å². The van der Waals surface area contributed by atoms with E-state index in [1.165, 1.54) is 0 Å². The average Bonchev–Trinajstić information content (AvgIpc) is 2.68. The lowest BCUT2D eigenvalue weighted by atomic mass is 10.2. The zero-order valence-electron chi connectivity index (χ0n) is 18.5. The first kappa shape index (κ1) is 27.3. The Morgan fingerprint density at radius 1 is 0.828 bits per heavy atom. The molecule has 0 N–H and O–H groups in total. The molecule has 0 saturated carbocycles. The van der Waals surface area contributed by atoms with E-state index in [0.717, 1.165) is 38.7 Å². The maximum Gasteiger partial charge on any atom is 0.345 e. The Balaban J connectivity index is 2.67. The Bertz CT molecular complexity index is 460. The van der Waals surface area contributed by atoms with Crippen molar-refractivity contribution in [3.05, 3.63) is 0 Å². The summed E-state index contributed by atoms with van der Waals surface area (Å²) < 4.78 is 60.1. The molecule has 0 aromatic carbocycles. The summed E-state index contributed by atoms with van der Waals surface area (Å²) in [4.78, 5) is 0. The normalized spacial score (nSPS) is 18.4. The van der Waals surface area contributed by atoms with Crippen LogP contribution in [0.5, 0.6) is 0 Å². The van der Waals surface area contributed by atoms with Gasteiger partial charge < -0.3 is 27.6 Å². The highest BCUT2D eigenvalue weighted by Gasteiger charge is 2.50. The average molecular weight is 458 g/mol. The van der Waals surface area contributed by atoms with Crippen molar-refractivity contribution in [1.29, 1.82) is 0 Å². The van der Waals surface area contributed by atoms with E-state index in [1.807, 2.05) is 0 Å². The lowest BCUT2D eigenvalue weighted by Gasteiger charge is -2.31. The second kappa shape index (κ2) is 15.1. The molecule has 0 aliphatic carbocycles. The third-order valence-corrected chi connectivity index (χ3v) is 10.7. The summed E-state index contributed by atoms with van der Waals surface area (Å²) in [5, 5.41) is -0.933. The van der Waals surface area contributed by atoms with Gasteiger partial charge in [-0.2, -0.15) is 0 Å². The molecule has 29 heavy (non-hydrogen) atoms. The largest absolute Gasteiger partial charge is 0.353 e. The van der Waals surface area contributed by atoms with Crippen molar-refractivity contribution in [2.24, 2.45) is 0 Å². The Labute approximate surface area is 176 Å². The van der Waals surface area contributed by atoms with Gasteiger partial charge in [0.15, 0.2) is 11.7 Å². The van der Waals surface area contributed by atoms with Gasteiger partial charge in [0.05, 0.1) is 26.4 Å². The van der Waals surface area contributed by atoms with E-state index in [4.69, 9.17) is 27.6 Å². The van der Waals surface area contributed by atoms with Crippen molar-refractivity contribution in [3.8, 4) is 0 Å². The third kappa shape index (κ3) is 9.49. The minimum Gasteiger partial charge on any atom is -0.353 e. The maximum atomic E-state index is 13.4. The fourth-order valence-electron chi connectivity index (χ4n) is 3.29. The number of hydrogen-bond acceptors (Lipinski definition) is 8. The molecule has 1 aliphatic rings. The Morgan fingerprint density at radius 3 is 1.83 bits per heavy atom. The summed E-state index contributed by atoms with van der Waals surface area (Å²) in [6.07, 6.45) is 5.82. The monoisotopic (exact) mass is 458 g/mol. The zero-order chi connectivity index (χ0) is 21.6. The van der Waals surface area contributed by atoms with Gasteiger partial charge in [-0.15, -0.1) is 0 Å². The molecule has 1 fully saturated rings. The Hall–Kier alpha value is 0.220. The van der Waals surface area contributed by atoms with Gasteiger partial charge in [0.2, 0.25) is 0 Å². The van der Waals surface area contributed by atoms with Crippen molar-refractivity contribution in [3.63, 3.8) is 0 Å². The Morgan fingerprint density at radius 2 is 1.38 bits per heavy atom. The molecule has 1 atom stereocenters. The number of hydrogen-bond donors (Lipinski definition) is 0. The minimum absolute atomic E-state index is 0.0937. The number of rotatable bonds is 17. The van der Waals surface area contributed by atoms with Crippen LogP contribution in [0.2, 0.25) is 0 Å². The molecule has 0 radical (unpaired) electrons. The third-order valence-electron chi connectivity index (χ3n) is 4.51. The van der Waals surface area contributed by atoms with Crippen LogP contribution in [0.15, 0.2) is 0 Å². The van der Waals surface area contributed by atoms with Crippen LogP contribution in [0.25, 0.3) is 0 Å². The lowest BCUT2D eigenvalue weighted by molar-refractivity contribution is -0.162. The first-order valence-electron chi connectivity index (χ1n) is 11.0.